The first-order valence-electron chi connectivity index (χ1n) is 8.35. The Morgan fingerprint density at radius 2 is 2.00 bits per heavy atom. The molecule has 0 aliphatic heterocycles. The molecule has 0 atom stereocenters. The van der Waals surface area contributed by atoms with Gasteiger partial charge in [-0.15, -0.1) is 0 Å². The number of rotatable bonds is 6. The quantitative estimate of drug-likeness (QED) is 0.557. The fourth-order valence-electron chi connectivity index (χ4n) is 2.55. The molecule has 0 unspecified atom stereocenters. The molecule has 3 N–H and O–H groups in total. The number of aromatic nitrogens is 4. The maximum Gasteiger partial charge on any atom is 0.421 e. The van der Waals surface area contributed by atoms with Crippen molar-refractivity contribution in [2.24, 2.45) is 7.05 Å². The second kappa shape index (κ2) is 7.71. The van der Waals surface area contributed by atoms with Crippen molar-refractivity contribution in [3.05, 3.63) is 36.2 Å². The molecule has 3 aromatic rings. The summed E-state index contributed by atoms with van der Waals surface area (Å²) in [5.41, 5.74) is 0.480. The lowest BCUT2D eigenvalue weighted by Crippen LogP contribution is -2.27. The predicted octanol–water partition coefficient (Wildman–Crippen LogP) is 2.67. The Hall–Kier alpha value is -3.37. The molecule has 0 radical (unpaired) electrons. The summed E-state index contributed by atoms with van der Waals surface area (Å²) in [6, 6.07) is 5.39. The van der Waals surface area contributed by atoms with Gasteiger partial charge < -0.3 is 16.0 Å². The molecule has 0 fully saturated rings. The number of hydrogen-bond acceptors (Lipinski definition) is 6. The first-order chi connectivity index (χ1) is 13.2. The van der Waals surface area contributed by atoms with E-state index >= 15 is 0 Å². The van der Waals surface area contributed by atoms with Crippen LogP contribution >= 0.6 is 0 Å². The fraction of sp³-hybridized carbons (Fsp3) is 0.294. The number of halogens is 3. The van der Waals surface area contributed by atoms with Gasteiger partial charge in [0.05, 0.1) is 11.7 Å². The maximum absolute atomic E-state index is 13.2. The van der Waals surface area contributed by atoms with E-state index in [0.29, 0.717) is 5.69 Å². The first kappa shape index (κ1) is 19.4. The highest BCUT2D eigenvalue weighted by atomic mass is 19.4. The van der Waals surface area contributed by atoms with E-state index in [1.165, 1.54) is 6.92 Å². The third kappa shape index (κ3) is 4.48. The molecule has 28 heavy (non-hydrogen) atoms. The van der Waals surface area contributed by atoms with E-state index in [2.05, 4.69) is 31.0 Å². The SMILES string of the molecule is CC(=O)NCCNc1nc(Nc2ccc3cnn(C)c3c2)ncc1C(F)(F)F. The average molecular weight is 393 g/mol. The summed E-state index contributed by atoms with van der Waals surface area (Å²) in [5.74, 6) is -0.623. The third-order valence-electron chi connectivity index (χ3n) is 3.89. The van der Waals surface area contributed by atoms with Gasteiger partial charge in [-0.1, -0.05) is 0 Å². The van der Waals surface area contributed by atoms with Crippen LogP contribution < -0.4 is 16.0 Å². The molecule has 1 amide bonds. The van der Waals surface area contributed by atoms with Crippen LogP contribution in [0.2, 0.25) is 0 Å². The van der Waals surface area contributed by atoms with Crippen molar-refractivity contribution in [2.75, 3.05) is 23.7 Å². The lowest BCUT2D eigenvalue weighted by Gasteiger charge is -2.15. The highest BCUT2D eigenvalue weighted by molar-refractivity contribution is 5.83. The van der Waals surface area contributed by atoms with Gasteiger partial charge in [0.1, 0.15) is 11.4 Å². The molecular formula is C17H18F3N7O. The van der Waals surface area contributed by atoms with E-state index in [0.717, 1.165) is 17.1 Å². The van der Waals surface area contributed by atoms with Crippen LogP contribution in [0.4, 0.5) is 30.6 Å². The molecule has 0 saturated carbocycles. The summed E-state index contributed by atoms with van der Waals surface area (Å²) in [6.07, 6.45) is -2.17. The normalized spacial score (nSPS) is 11.5. The number of hydrogen-bond donors (Lipinski definition) is 3. The minimum Gasteiger partial charge on any atom is -0.368 e. The van der Waals surface area contributed by atoms with Crippen LogP contribution in [0.1, 0.15) is 12.5 Å². The van der Waals surface area contributed by atoms with Crippen LogP contribution in [-0.2, 0) is 18.0 Å². The van der Waals surface area contributed by atoms with E-state index in [9.17, 15) is 18.0 Å². The Kier molecular flexibility index (Phi) is 5.34. The molecule has 2 heterocycles. The van der Waals surface area contributed by atoms with Gasteiger partial charge in [-0.3, -0.25) is 9.48 Å². The van der Waals surface area contributed by atoms with Gasteiger partial charge in [-0.2, -0.15) is 23.3 Å². The number of alkyl halides is 3. The van der Waals surface area contributed by atoms with Gasteiger partial charge in [-0.05, 0) is 18.2 Å². The molecule has 0 spiro atoms. The molecular weight excluding hydrogens is 375 g/mol. The van der Waals surface area contributed by atoms with Gasteiger partial charge in [0.2, 0.25) is 11.9 Å². The second-order valence-corrected chi connectivity index (χ2v) is 6.03. The highest BCUT2D eigenvalue weighted by Gasteiger charge is 2.35. The molecule has 3 rings (SSSR count). The number of nitrogens with zero attached hydrogens (tertiary/aromatic N) is 4. The number of benzene rings is 1. The number of aryl methyl sites for hydroxylation is 1. The van der Waals surface area contributed by atoms with Gasteiger partial charge in [-0.25, -0.2) is 4.98 Å². The molecule has 8 nitrogen and oxygen atoms in total. The minimum atomic E-state index is -4.61. The van der Waals surface area contributed by atoms with E-state index in [4.69, 9.17) is 0 Å². The predicted molar refractivity (Wildman–Crippen MR) is 98.2 cm³/mol. The molecule has 148 valence electrons. The summed E-state index contributed by atoms with van der Waals surface area (Å²) in [7, 11) is 1.79. The monoisotopic (exact) mass is 393 g/mol. The lowest BCUT2D eigenvalue weighted by atomic mass is 10.2. The topological polar surface area (TPSA) is 96.8 Å². The molecule has 11 heteroatoms. The summed E-state index contributed by atoms with van der Waals surface area (Å²) < 4.78 is 41.3. The highest BCUT2D eigenvalue weighted by Crippen LogP contribution is 2.34. The standard InChI is InChI=1S/C17H18F3N7O/c1-10(28)21-5-6-22-15-13(17(18,19)20)9-23-16(26-15)25-12-4-3-11-8-24-27(2)14(11)7-12/h3-4,7-9H,5-6H2,1-2H3,(H,21,28)(H2,22,23,25,26). The Bertz CT molecular complexity index is 1000. The van der Waals surface area contributed by atoms with Crippen molar-refractivity contribution >= 4 is 34.3 Å². The number of anilines is 3. The zero-order chi connectivity index (χ0) is 20.3. The van der Waals surface area contributed by atoms with Crippen molar-refractivity contribution in [2.45, 2.75) is 13.1 Å². The third-order valence-corrected chi connectivity index (χ3v) is 3.89. The number of carbonyl (C=O) groups is 1. The summed E-state index contributed by atoms with van der Waals surface area (Å²) >= 11 is 0. The van der Waals surface area contributed by atoms with Crippen molar-refractivity contribution in [1.82, 2.24) is 25.1 Å². The number of nitrogens with one attached hydrogen (secondary N) is 3. The van der Waals surface area contributed by atoms with Crippen molar-refractivity contribution in [3.63, 3.8) is 0 Å². The van der Waals surface area contributed by atoms with Crippen molar-refractivity contribution in [3.8, 4) is 0 Å². The summed E-state index contributed by atoms with van der Waals surface area (Å²) in [4.78, 5) is 18.6. The van der Waals surface area contributed by atoms with Crippen LogP contribution in [-0.4, -0.2) is 38.7 Å². The Balaban J connectivity index is 1.82. The fourth-order valence-corrected chi connectivity index (χ4v) is 2.55. The van der Waals surface area contributed by atoms with Gasteiger partial charge in [0, 0.05) is 44.3 Å². The molecule has 0 aliphatic rings. The zero-order valence-electron chi connectivity index (χ0n) is 15.1. The van der Waals surface area contributed by atoms with Crippen LogP contribution in [0.3, 0.4) is 0 Å². The zero-order valence-corrected chi connectivity index (χ0v) is 15.1. The minimum absolute atomic E-state index is 0.0107. The van der Waals surface area contributed by atoms with Gasteiger partial charge >= 0.3 is 6.18 Å². The van der Waals surface area contributed by atoms with Crippen LogP contribution in [0.25, 0.3) is 10.9 Å². The molecule has 0 saturated heterocycles. The van der Waals surface area contributed by atoms with E-state index in [-0.39, 0.29) is 30.8 Å². The van der Waals surface area contributed by atoms with E-state index in [1.807, 2.05) is 6.07 Å². The number of fused-ring (bicyclic) bond motifs is 1. The molecule has 1 aromatic carbocycles. The Labute approximate surface area is 158 Å². The number of amides is 1. The van der Waals surface area contributed by atoms with Gasteiger partial charge in [0.15, 0.2) is 0 Å². The van der Waals surface area contributed by atoms with Crippen LogP contribution in [0, 0.1) is 0 Å². The maximum atomic E-state index is 13.2. The van der Waals surface area contributed by atoms with Crippen LogP contribution in [0.5, 0.6) is 0 Å². The summed E-state index contributed by atoms with van der Waals surface area (Å²) in [5, 5.41) is 13.1. The largest absolute Gasteiger partial charge is 0.421 e. The van der Waals surface area contributed by atoms with Gasteiger partial charge in [0.25, 0.3) is 0 Å². The average Bonchev–Trinajstić information content (AvgIpc) is 2.98. The summed E-state index contributed by atoms with van der Waals surface area (Å²) in [6.45, 7) is 1.57. The van der Waals surface area contributed by atoms with E-state index < -0.39 is 11.7 Å². The van der Waals surface area contributed by atoms with Crippen LogP contribution in [0.15, 0.2) is 30.6 Å². The first-order valence-corrected chi connectivity index (χ1v) is 8.35. The number of carbonyl (C=O) groups excluding carboxylic acids is 1. The Morgan fingerprint density at radius 3 is 2.71 bits per heavy atom. The van der Waals surface area contributed by atoms with Crippen molar-refractivity contribution < 1.29 is 18.0 Å². The molecule has 0 aliphatic carbocycles. The molecule has 0 bridgehead atoms. The Morgan fingerprint density at radius 1 is 1.21 bits per heavy atom. The lowest BCUT2D eigenvalue weighted by molar-refractivity contribution is -0.137. The molecule has 2 aromatic heterocycles. The van der Waals surface area contributed by atoms with E-state index in [1.54, 1.807) is 30.1 Å². The van der Waals surface area contributed by atoms with Crippen molar-refractivity contribution in [1.29, 1.82) is 0 Å². The second-order valence-electron chi connectivity index (χ2n) is 6.03. The smallest absolute Gasteiger partial charge is 0.368 e.